The summed E-state index contributed by atoms with van der Waals surface area (Å²) in [5, 5.41) is 3.86. The van der Waals surface area contributed by atoms with Crippen molar-refractivity contribution in [3.63, 3.8) is 0 Å². The molecule has 1 heterocycles. The number of ether oxygens (including phenoxy) is 1. The number of aromatic nitrogens is 1. The average molecular weight is 318 g/mol. The first-order chi connectivity index (χ1) is 10.6. The molecule has 1 N–H and O–H groups in total. The molecule has 0 spiro atoms. The third-order valence-corrected chi connectivity index (χ3v) is 5.33. The van der Waals surface area contributed by atoms with Crippen LogP contribution in [0.15, 0.2) is 24.3 Å². The number of carbonyl (C=O) groups is 2. The molecule has 6 heteroatoms. The minimum Gasteiger partial charge on any atom is -0.468 e. The molecule has 0 aliphatic heterocycles. The maximum absolute atomic E-state index is 12.2. The molecule has 2 aromatic rings. The molecule has 1 atom stereocenters. The van der Waals surface area contributed by atoms with Gasteiger partial charge in [0.05, 0.1) is 22.3 Å². The van der Waals surface area contributed by atoms with Crippen molar-refractivity contribution < 1.29 is 14.3 Å². The van der Waals surface area contributed by atoms with E-state index in [1.807, 2.05) is 31.2 Å². The molecule has 0 bridgehead atoms. The quantitative estimate of drug-likeness (QED) is 0.679. The second-order valence-corrected chi connectivity index (χ2v) is 6.77. The third kappa shape index (κ3) is 2.59. The molecule has 1 fully saturated rings. The van der Waals surface area contributed by atoms with Crippen molar-refractivity contribution in [1.29, 1.82) is 0 Å². The fourth-order valence-corrected chi connectivity index (χ4v) is 3.47. The number of methoxy groups -OCH3 is 1. The van der Waals surface area contributed by atoms with E-state index < -0.39 is 11.4 Å². The number of nitrogens with one attached hydrogen (secondary N) is 1. The first-order valence-corrected chi connectivity index (χ1v) is 8.10. The highest BCUT2D eigenvalue weighted by atomic mass is 32.1. The Morgan fingerprint density at radius 3 is 2.77 bits per heavy atom. The summed E-state index contributed by atoms with van der Waals surface area (Å²) in [5.74, 6) is -0.556. The molecule has 1 aliphatic carbocycles. The van der Waals surface area contributed by atoms with Crippen LogP contribution in [0.3, 0.4) is 0 Å². The lowest BCUT2D eigenvalue weighted by Crippen LogP contribution is -2.39. The molecule has 1 aromatic heterocycles. The van der Waals surface area contributed by atoms with E-state index in [1.54, 1.807) is 11.3 Å². The first-order valence-electron chi connectivity index (χ1n) is 7.29. The van der Waals surface area contributed by atoms with E-state index in [4.69, 9.17) is 4.74 Å². The number of hydrogen-bond acceptors (Lipinski definition) is 5. The molecule has 3 rings (SSSR count). The van der Waals surface area contributed by atoms with Crippen molar-refractivity contribution in [2.24, 2.45) is 5.41 Å². The largest absolute Gasteiger partial charge is 0.468 e. The Balaban J connectivity index is 1.64. The van der Waals surface area contributed by atoms with Crippen LogP contribution in [0.2, 0.25) is 0 Å². The Morgan fingerprint density at radius 1 is 1.41 bits per heavy atom. The molecule has 5 nitrogen and oxygen atoms in total. The topological polar surface area (TPSA) is 68.3 Å². The van der Waals surface area contributed by atoms with E-state index in [2.05, 4.69) is 10.3 Å². The summed E-state index contributed by atoms with van der Waals surface area (Å²) in [6.45, 7) is 2.49. The van der Waals surface area contributed by atoms with Crippen LogP contribution in [-0.2, 0) is 14.3 Å². The van der Waals surface area contributed by atoms with Crippen LogP contribution in [0.1, 0.15) is 30.7 Å². The second kappa shape index (κ2) is 5.68. The number of nitrogens with zero attached hydrogens (tertiary/aromatic N) is 1. The smallest absolute Gasteiger partial charge is 0.321 e. The summed E-state index contributed by atoms with van der Waals surface area (Å²) in [5.41, 5.74) is 0.0381. The van der Waals surface area contributed by atoms with Crippen molar-refractivity contribution in [3.05, 3.63) is 29.3 Å². The number of carbonyl (C=O) groups excluding carboxylic acids is 2. The maximum Gasteiger partial charge on any atom is 0.321 e. The predicted octanol–water partition coefficient (Wildman–Crippen LogP) is 2.47. The molecule has 0 saturated heterocycles. The zero-order valence-electron chi connectivity index (χ0n) is 12.6. The van der Waals surface area contributed by atoms with Gasteiger partial charge in [-0.25, -0.2) is 4.98 Å². The van der Waals surface area contributed by atoms with Gasteiger partial charge in [0, 0.05) is 12.5 Å². The molecular formula is C16H18N2O3S. The van der Waals surface area contributed by atoms with Crippen LogP contribution in [0.5, 0.6) is 0 Å². The van der Waals surface area contributed by atoms with Gasteiger partial charge in [0.25, 0.3) is 0 Å². The highest BCUT2D eigenvalue weighted by Gasteiger charge is 2.57. The molecule has 1 saturated carbocycles. The number of rotatable bonds is 5. The van der Waals surface area contributed by atoms with E-state index in [0.29, 0.717) is 19.4 Å². The summed E-state index contributed by atoms with van der Waals surface area (Å²) < 4.78 is 5.86. The van der Waals surface area contributed by atoms with Crippen molar-refractivity contribution in [2.75, 3.05) is 13.7 Å². The van der Waals surface area contributed by atoms with Gasteiger partial charge in [-0.15, -0.1) is 11.3 Å². The first kappa shape index (κ1) is 15.0. The molecule has 1 amide bonds. The van der Waals surface area contributed by atoms with Crippen LogP contribution in [0.4, 0.5) is 0 Å². The molecular weight excluding hydrogens is 300 g/mol. The highest BCUT2D eigenvalue weighted by molar-refractivity contribution is 7.18. The monoisotopic (exact) mass is 318 g/mol. The summed E-state index contributed by atoms with van der Waals surface area (Å²) in [4.78, 5) is 28.5. The van der Waals surface area contributed by atoms with Crippen LogP contribution in [0.25, 0.3) is 10.2 Å². The van der Waals surface area contributed by atoms with Crippen LogP contribution in [-0.4, -0.2) is 30.5 Å². The summed E-state index contributed by atoms with van der Waals surface area (Å²) in [6, 6.07) is 7.98. The Morgan fingerprint density at radius 2 is 2.14 bits per heavy atom. The lowest BCUT2D eigenvalue weighted by atomic mass is 10.1. The van der Waals surface area contributed by atoms with E-state index >= 15 is 0 Å². The number of para-hydroxylation sites is 1. The molecule has 1 unspecified atom stereocenters. The predicted molar refractivity (Wildman–Crippen MR) is 84.7 cm³/mol. The number of amides is 1. The van der Waals surface area contributed by atoms with E-state index in [9.17, 15) is 9.59 Å². The van der Waals surface area contributed by atoms with Crippen LogP contribution < -0.4 is 5.32 Å². The summed E-state index contributed by atoms with van der Waals surface area (Å²) in [7, 11) is 1.32. The zero-order chi connectivity index (χ0) is 15.7. The number of esters is 1. The Bertz CT molecular complexity index is 688. The van der Waals surface area contributed by atoms with Crippen molar-refractivity contribution >= 4 is 33.4 Å². The second-order valence-electron chi connectivity index (χ2n) is 5.70. The van der Waals surface area contributed by atoms with Crippen LogP contribution in [0, 0.1) is 5.41 Å². The average Bonchev–Trinajstić information content (AvgIpc) is 3.24. The summed E-state index contributed by atoms with van der Waals surface area (Å²) in [6.07, 6.45) is 1.14. The van der Waals surface area contributed by atoms with E-state index in [1.165, 1.54) is 7.11 Å². The van der Waals surface area contributed by atoms with Crippen molar-refractivity contribution in [3.8, 4) is 0 Å². The minimum absolute atomic E-state index is 0.106. The van der Waals surface area contributed by atoms with Gasteiger partial charge in [-0.05, 0) is 25.0 Å². The van der Waals surface area contributed by atoms with Crippen molar-refractivity contribution in [2.45, 2.75) is 25.7 Å². The highest BCUT2D eigenvalue weighted by Crippen LogP contribution is 2.47. The van der Waals surface area contributed by atoms with Gasteiger partial charge in [-0.1, -0.05) is 19.1 Å². The lowest BCUT2D eigenvalue weighted by Gasteiger charge is -2.15. The molecule has 1 aromatic carbocycles. The minimum atomic E-state index is -0.942. The fraction of sp³-hybridized carbons (Fsp3) is 0.438. The molecule has 1 aliphatic rings. The fourth-order valence-electron chi connectivity index (χ4n) is 2.45. The third-order valence-electron chi connectivity index (χ3n) is 4.06. The number of thiazole rings is 1. The standard InChI is InChI=1S/C16H18N2O3S/c1-10(13-18-11-5-3-4-6-12(11)22-13)9-17-14(19)16(7-8-16)15(20)21-2/h3-6,10H,7-9H2,1-2H3,(H,17,19). The van der Waals surface area contributed by atoms with Gasteiger partial charge < -0.3 is 10.1 Å². The SMILES string of the molecule is COC(=O)C1(C(=O)NCC(C)c2nc3ccccc3s2)CC1. The van der Waals surface area contributed by atoms with Gasteiger partial charge >= 0.3 is 5.97 Å². The maximum atomic E-state index is 12.2. The zero-order valence-corrected chi connectivity index (χ0v) is 13.4. The lowest BCUT2D eigenvalue weighted by molar-refractivity contribution is -0.152. The number of fused-ring (bicyclic) bond motifs is 1. The van der Waals surface area contributed by atoms with Crippen LogP contribution >= 0.6 is 11.3 Å². The van der Waals surface area contributed by atoms with Gasteiger partial charge in [-0.2, -0.15) is 0 Å². The molecule has 22 heavy (non-hydrogen) atoms. The Hall–Kier alpha value is -1.95. The van der Waals surface area contributed by atoms with Gasteiger partial charge in [-0.3, -0.25) is 9.59 Å². The number of benzene rings is 1. The van der Waals surface area contributed by atoms with Crippen molar-refractivity contribution in [1.82, 2.24) is 10.3 Å². The summed E-state index contributed by atoms with van der Waals surface area (Å²) >= 11 is 1.64. The van der Waals surface area contributed by atoms with Gasteiger partial charge in [0.2, 0.25) is 5.91 Å². The number of hydrogen-bond donors (Lipinski definition) is 1. The van der Waals surface area contributed by atoms with Gasteiger partial charge in [0.15, 0.2) is 0 Å². The Kier molecular flexibility index (Phi) is 3.87. The van der Waals surface area contributed by atoms with Gasteiger partial charge in [0.1, 0.15) is 5.41 Å². The van der Waals surface area contributed by atoms with E-state index in [0.717, 1.165) is 15.2 Å². The molecule has 0 radical (unpaired) electrons. The Labute approximate surface area is 132 Å². The molecule has 116 valence electrons. The van der Waals surface area contributed by atoms with E-state index in [-0.39, 0.29) is 11.8 Å². The normalized spacial score (nSPS) is 17.0.